The van der Waals surface area contributed by atoms with Crippen LogP contribution in [0.25, 0.3) is 0 Å². The SMILES string of the molecule is O=C(Nc1c(Cl)cccc1C(F)(F)F)c1cn[nH]c1. The van der Waals surface area contributed by atoms with E-state index in [2.05, 4.69) is 15.5 Å². The van der Waals surface area contributed by atoms with E-state index in [9.17, 15) is 18.0 Å². The molecule has 8 heteroatoms. The summed E-state index contributed by atoms with van der Waals surface area (Å²) >= 11 is 5.70. The molecule has 0 aliphatic carbocycles. The summed E-state index contributed by atoms with van der Waals surface area (Å²) in [6.45, 7) is 0. The Morgan fingerprint density at radius 3 is 2.68 bits per heavy atom. The second kappa shape index (κ2) is 4.93. The van der Waals surface area contributed by atoms with Crippen LogP contribution in [0.3, 0.4) is 0 Å². The number of H-pyrrole nitrogens is 1. The number of nitrogens with one attached hydrogen (secondary N) is 2. The number of aromatic amines is 1. The summed E-state index contributed by atoms with van der Waals surface area (Å²) in [6.07, 6.45) is -2.15. The Kier molecular flexibility index (Phi) is 3.48. The second-order valence-electron chi connectivity index (χ2n) is 3.60. The fourth-order valence-corrected chi connectivity index (χ4v) is 1.67. The molecule has 0 fully saturated rings. The average Bonchev–Trinajstić information content (AvgIpc) is 2.83. The van der Waals surface area contributed by atoms with Crippen LogP contribution in [0.5, 0.6) is 0 Å². The molecule has 0 bridgehead atoms. The van der Waals surface area contributed by atoms with E-state index < -0.39 is 23.3 Å². The van der Waals surface area contributed by atoms with Crippen molar-refractivity contribution in [2.24, 2.45) is 0 Å². The van der Waals surface area contributed by atoms with Crippen molar-refractivity contribution < 1.29 is 18.0 Å². The molecule has 0 saturated carbocycles. The fraction of sp³-hybridized carbons (Fsp3) is 0.0909. The largest absolute Gasteiger partial charge is 0.418 e. The molecule has 0 aliphatic rings. The molecule has 0 spiro atoms. The monoisotopic (exact) mass is 289 g/mol. The highest BCUT2D eigenvalue weighted by molar-refractivity contribution is 6.34. The number of carbonyl (C=O) groups excluding carboxylic acids is 1. The van der Waals surface area contributed by atoms with Gasteiger partial charge in [0.25, 0.3) is 5.91 Å². The minimum Gasteiger partial charge on any atom is -0.320 e. The van der Waals surface area contributed by atoms with Crippen molar-refractivity contribution in [1.82, 2.24) is 10.2 Å². The number of nitrogens with zero attached hydrogens (tertiary/aromatic N) is 1. The summed E-state index contributed by atoms with van der Waals surface area (Å²) in [4.78, 5) is 11.7. The number of hydrogen-bond donors (Lipinski definition) is 2. The Morgan fingerprint density at radius 2 is 2.11 bits per heavy atom. The van der Waals surface area contributed by atoms with Gasteiger partial charge in [0.05, 0.1) is 28.0 Å². The predicted molar refractivity (Wildman–Crippen MR) is 63.0 cm³/mol. The van der Waals surface area contributed by atoms with Crippen LogP contribution in [-0.4, -0.2) is 16.1 Å². The van der Waals surface area contributed by atoms with Crippen molar-refractivity contribution in [3.05, 3.63) is 46.7 Å². The Balaban J connectivity index is 2.37. The number of halogens is 4. The lowest BCUT2D eigenvalue weighted by Gasteiger charge is -2.14. The summed E-state index contributed by atoms with van der Waals surface area (Å²) in [5, 5.41) is 7.88. The zero-order valence-electron chi connectivity index (χ0n) is 9.25. The maximum absolute atomic E-state index is 12.8. The predicted octanol–water partition coefficient (Wildman–Crippen LogP) is 3.33. The zero-order valence-corrected chi connectivity index (χ0v) is 10.0. The van der Waals surface area contributed by atoms with Crippen molar-refractivity contribution in [2.45, 2.75) is 6.18 Å². The summed E-state index contributed by atoms with van der Waals surface area (Å²) in [7, 11) is 0. The first-order valence-corrected chi connectivity index (χ1v) is 5.43. The lowest BCUT2D eigenvalue weighted by molar-refractivity contribution is -0.136. The van der Waals surface area contributed by atoms with E-state index in [1.165, 1.54) is 24.5 Å². The number of aromatic nitrogens is 2. The first kappa shape index (κ1) is 13.4. The summed E-state index contributed by atoms with van der Waals surface area (Å²) in [5.41, 5.74) is -1.37. The minimum absolute atomic E-state index is 0.105. The standard InChI is InChI=1S/C11H7ClF3N3O/c12-8-3-1-2-7(11(13,14)15)9(8)18-10(19)6-4-16-17-5-6/h1-5H,(H,16,17)(H,18,19). The van der Waals surface area contributed by atoms with Gasteiger partial charge in [-0.2, -0.15) is 18.3 Å². The first-order chi connectivity index (χ1) is 8.89. The molecule has 1 amide bonds. The molecule has 0 atom stereocenters. The van der Waals surface area contributed by atoms with E-state index in [1.807, 2.05) is 0 Å². The van der Waals surface area contributed by atoms with Gasteiger partial charge in [-0.1, -0.05) is 17.7 Å². The Hall–Kier alpha value is -2.02. The highest BCUT2D eigenvalue weighted by Crippen LogP contribution is 2.38. The van der Waals surface area contributed by atoms with Gasteiger partial charge in [0, 0.05) is 6.20 Å². The maximum atomic E-state index is 12.8. The lowest BCUT2D eigenvalue weighted by Crippen LogP contribution is -2.16. The summed E-state index contributed by atoms with van der Waals surface area (Å²) in [5.74, 6) is -0.729. The van der Waals surface area contributed by atoms with Crippen LogP contribution in [0, 0.1) is 0 Å². The van der Waals surface area contributed by atoms with Crippen LogP contribution >= 0.6 is 11.6 Å². The molecule has 100 valence electrons. The molecule has 0 aliphatic heterocycles. The normalized spacial score (nSPS) is 11.4. The van der Waals surface area contributed by atoms with Crippen molar-refractivity contribution >= 4 is 23.2 Å². The van der Waals surface area contributed by atoms with E-state index >= 15 is 0 Å². The lowest BCUT2D eigenvalue weighted by atomic mass is 10.1. The molecule has 0 saturated heterocycles. The molecule has 1 aromatic carbocycles. The molecule has 2 aromatic rings. The zero-order chi connectivity index (χ0) is 14.0. The Bertz CT molecular complexity index is 596. The maximum Gasteiger partial charge on any atom is 0.418 e. The van der Waals surface area contributed by atoms with Crippen molar-refractivity contribution in [3.63, 3.8) is 0 Å². The third kappa shape index (κ3) is 2.87. The topological polar surface area (TPSA) is 57.8 Å². The van der Waals surface area contributed by atoms with E-state index in [-0.39, 0.29) is 10.6 Å². The van der Waals surface area contributed by atoms with Crippen LogP contribution < -0.4 is 5.32 Å². The van der Waals surface area contributed by atoms with E-state index in [1.54, 1.807) is 0 Å². The Labute approximate surface area is 110 Å². The second-order valence-corrected chi connectivity index (χ2v) is 4.01. The molecule has 0 unspecified atom stereocenters. The highest BCUT2D eigenvalue weighted by Gasteiger charge is 2.34. The van der Waals surface area contributed by atoms with Gasteiger partial charge in [-0.25, -0.2) is 0 Å². The third-order valence-electron chi connectivity index (χ3n) is 2.32. The fourth-order valence-electron chi connectivity index (χ4n) is 1.45. The van der Waals surface area contributed by atoms with Gasteiger partial charge in [0.15, 0.2) is 0 Å². The molecule has 19 heavy (non-hydrogen) atoms. The molecular weight excluding hydrogens is 283 g/mol. The first-order valence-electron chi connectivity index (χ1n) is 5.05. The van der Waals surface area contributed by atoms with Gasteiger partial charge in [0.2, 0.25) is 0 Å². The summed E-state index contributed by atoms with van der Waals surface area (Å²) in [6, 6.07) is 3.28. The van der Waals surface area contributed by atoms with Gasteiger partial charge in [-0.3, -0.25) is 9.89 Å². The Morgan fingerprint density at radius 1 is 1.37 bits per heavy atom. The van der Waals surface area contributed by atoms with Gasteiger partial charge >= 0.3 is 6.18 Å². The molecular formula is C11H7ClF3N3O. The number of amides is 1. The van der Waals surface area contributed by atoms with E-state index in [0.717, 1.165) is 6.07 Å². The van der Waals surface area contributed by atoms with Crippen LogP contribution in [0.2, 0.25) is 5.02 Å². The number of rotatable bonds is 2. The molecule has 2 rings (SSSR count). The van der Waals surface area contributed by atoms with Crippen molar-refractivity contribution in [3.8, 4) is 0 Å². The van der Waals surface area contributed by atoms with Gasteiger partial charge in [-0.05, 0) is 12.1 Å². The number of hydrogen-bond acceptors (Lipinski definition) is 2. The van der Waals surface area contributed by atoms with Crippen LogP contribution in [0.1, 0.15) is 15.9 Å². The number of anilines is 1. The molecule has 1 aromatic heterocycles. The molecule has 2 N–H and O–H groups in total. The molecule has 1 heterocycles. The van der Waals surface area contributed by atoms with E-state index in [4.69, 9.17) is 11.6 Å². The van der Waals surface area contributed by atoms with Crippen LogP contribution in [0.4, 0.5) is 18.9 Å². The van der Waals surface area contributed by atoms with Crippen molar-refractivity contribution in [2.75, 3.05) is 5.32 Å². The van der Waals surface area contributed by atoms with Gasteiger partial charge in [-0.15, -0.1) is 0 Å². The average molecular weight is 290 g/mol. The summed E-state index contributed by atoms with van der Waals surface area (Å²) < 4.78 is 38.4. The third-order valence-corrected chi connectivity index (χ3v) is 2.63. The quantitative estimate of drug-likeness (QED) is 0.891. The van der Waals surface area contributed by atoms with Gasteiger partial charge in [0.1, 0.15) is 0 Å². The van der Waals surface area contributed by atoms with Gasteiger partial charge < -0.3 is 5.32 Å². The number of benzene rings is 1. The smallest absolute Gasteiger partial charge is 0.320 e. The van der Waals surface area contributed by atoms with Crippen LogP contribution in [0.15, 0.2) is 30.6 Å². The molecule has 4 nitrogen and oxygen atoms in total. The number of carbonyl (C=O) groups is 1. The highest BCUT2D eigenvalue weighted by atomic mass is 35.5. The van der Waals surface area contributed by atoms with E-state index in [0.29, 0.717) is 0 Å². The molecule has 0 radical (unpaired) electrons. The number of alkyl halides is 3. The minimum atomic E-state index is -4.61. The van der Waals surface area contributed by atoms with Crippen molar-refractivity contribution in [1.29, 1.82) is 0 Å². The van der Waals surface area contributed by atoms with Crippen LogP contribution in [-0.2, 0) is 6.18 Å². The number of para-hydroxylation sites is 1.